The van der Waals surface area contributed by atoms with E-state index in [1.54, 1.807) is 12.1 Å². The Morgan fingerprint density at radius 1 is 1.04 bits per heavy atom. The van der Waals surface area contributed by atoms with Crippen LogP contribution in [-0.2, 0) is 4.79 Å². The van der Waals surface area contributed by atoms with Crippen LogP contribution in [0.1, 0.15) is 16.8 Å². The van der Waals surface area contributed by atoms with Crippen LogP contribution in [0.3, 0.4) is 0 Å². The number of nitrogens with zero attached hydrogens (tertiary/aromatic N) is 1. The molecule has 2 aromatic rings. The molecule has 0 saturated carbocycles. The van der Waals surface area contributed by atoms with Gasteiger partial charge in [-0.1, -0.05) is 0 Å². The molecule has 0 aliphatic heterocycles. The molecule has 2 N–H and O–H groups in total. The van der Waals surface area contributed by atoms with Gasteiger partial charge in [0, 0.05) is 44.5 Å². The summed E-state index contributed by atoms with van der Waals surface area (Å²) in [5.74, 6) is -2.67. The molecule has 0 aliphatic carbocycles. The van der Waals surface area contributed by atoms with Crippen molar-refractivity contribution < 1.29 is 18.4 Å². The van der Waals surface area contributed by atoms with Crippen LogP contribution in [0.2, 0.25) is 0 Å². The van der Waals surface area contributed by atoms with Gasteiger partial charge in [-0.25, -0.2) is 8.78 Å². The third kappa shape index (κ3) is 5.27. The summed E-state index contributed by atoms with van der Waals surface area (Å²) in [5, 5.41) is 5.14. The van der Waals surface area contributed by atoms with Gasteiger partial charge in [0.05, 0.1) is 5.56 Å². The Hall–Kier alpha value is -2.96. The maximum absolute atomic E-state index is 13.5. The van der Waals surface area contributed by atoms with E-state index >= 15 is 0 Å². The number of hydrogen-bond donors (Lipinski definition) is 2. The minimum Gasteiger partial charge on any atom is -0.378 e. The summed E-state index contributed by atoms with van der Waals surface area (Å²) in [7, 11) is 3.83. The first-order valence-electron chi connectivity index (χ1n) is 7.67. The van der Waals surface area contributed by atoms with Crippen LogP contribution in [0, 0.1) is 11.6 Å². The van der Waals surface area contributed by atoms with E-state index in [1.165, 1.54) is 0 Å². The first-order chi connectivity index (χ1) is 11.9. The van der Waals surface area contributed by atoms with Crippen molar-refractivity contribution in [3.05, 3.63) is 59.7 Å². The number of rotatable bonds is 6. The van der Waals surface area contributed by atoms with Gasteiger partial charge in [0.2, 0.25) is 5.91 Å². The first kappa shape index (κ1) is 18.4. The van der Waals surface area contributed by atoms with Crippen molar-refractivity contribution in [1.29, 1.82) is 0 Å². The minimum absolute atomic E-state index is 0.0317. The largest absolute Gasteiger partial charge is 0.378 e. The minimum atomic E-state index is -0.942. The lowest BCUT2D eigenvalue weighted by Crippen LogP contribution is -2.28. The number of benzene rings is 2. The molecule has 2 amide bonds. The molecule has 0 fully saturated rings. The van der Waals surface area contributed by atoms with Crippen molar-refractivity contribution >= 4 is 23.2 Å². The van der Waals surface area contributed by atoms with E-state index in [0.717, 1.165) is 17.8 Å². The SMILES string of the molecule is CN(C)c1ccc(NC(=O)CCNC(=O)c2ccc(F)cc2F)cc1. The summed E-state index contributed by atoms with van der Waals surface area (Å²) >= 11 is 0. The van der Waals surface area contributed by atoms with Gasteiger partial charge in [0.1, 0.15) is 11.6 Å². The molecule has 0 unspecified atom stereocenters. The van der Waals surface area contributed by atoms with Crippen molar-refractivity contribution in [3.63, 3.8) is 0 Å². The standard InChI is InChI=1S/C18H19F2N3O2/c1-23(2)14-6-4-13(5-7-14)22-17(24)9-10-21-18(25)15-8-3-12(19)11-16(15)20/h3-8,11H,9-10H2,1-2H3,(H,21,25)(H,22,24). The second kappa shape index (κ2) is 8.23. The van der Waals surface area contributed by atoms with Crippen LogP contribution in [0.15, 0.2) is 42.5 Å². The quantitative estimate of drug-likeness (QED) is 0.845. The van der Waals surface area contributed by atoms with Crippen LogP contribution in [0.25, 0.3) is 0 Å². The van der Waals surface area contributed by atoms with Gasteiger partial charge in [-0.05, 0) is 36.4 Å². The smallest absolute Gasteiger partial charge is 0.254 e. The van der Waals surface area contributed by atoms with E-state index in [9.17, 15) is 18.4 Å². The second-order valence-corrected chi connectivity index (χ2v) is 5.62. The summed E-state index contributed by atoms with van der Waals surface area (Å²) in [4.78, 5) is 25.6. The number of carbonyl (C=O) groups excluding carboxylic acids is 2. The highest BCUT2D eigenvalue weighted by Crippen LogP contribution is 2.15. The van der Waals surface area contributed by atoms with Gasteiger partial charge in [0.25, 0.3) is 5.91 Å². The molecule has 7 heteroatoms. The zero-order valence-electron chi connectivity index (χ0n) is 14.0. The lowest BCUT2D eigenvalue weighted by molar-refractivity contribution is -0.116. The number of halogens is 2. The third-order valence-electron chi connectivity index (χ3n) is 3.48. The number of anilines is 2. The normalized spacial score (nSPS) is 10.2. The van der Waals surface area contributed by atoms with Crippen molar-refractivity contribution in [2.24, 2.45) is 0 Å². The van der Waals surface area contributed by atoms with Crippen LogP contribution < -0.4 is 15.5 Å². The summed E-state index contributed by atoms with van der Waals surface area (Å²) in [6, 6.07) is 10.00. The molecule has 0 spiro atoms. The van der Waals surface area contributed by atoms with Crippen LogP contribution in [-0.4, -0.2) is 32.5 Å². The lowest BCUT2D eigenvalue weighted by atomic mass is 10.2. The second-order valence-electron chi connectivity index (χ2n) is 5.62. The Kier molecular flexibility index (Phi) is 6.05. The predicted octanol–water partition coefficient (Wildman–Crippen LogP) is 2.79. The molecule has 0 heterocycles. The Morgan fingerprint density at radius 3 is 2.32 bits per heavy atom. The molecule has 0 saturated heterocycles. The lowest BCUT2D eigenvalue weighted by Gasteiger charge is -2.13. The highest BCUT2D eigenvalue weighted by molar-refractivity contribution is 5.95. The average Bonchev–Trinajstić information content (AvgIpc) is 2.55. The van der Waals surface area contributed by atoms with Crippen molar-refractivity contribution in [2.75, 3.05) is 30.9 Å². The van der Waals surface area contributed by atoms with Gasteiger partial charge in [0.15, 0.2) is 0 Å². The monoisotopic (exact) mass is 347 g/mol. The predicted molar refractivity (Wildman–Crippen MR) is 92.7 cm³/mol. The zero-order valence-corrected chi connectivity index (χ0v) is 14.0. The van der Waals surface area contributed by atoms with Crippen molar-refractivity contribution in [1.82, 2.24) is 5.32 Å². The van der Waals surface area contributed by atoms with Gasteiger partial charge in [-0.3, -0.25) is 9.59 Å². The fourth-order valence-electron chi connectivity index (χ4n) is 2.12. The van der Waals surface area contributed by atoms with Crippen LogP contribution in [0.4, 0.5) is 20.2 Å². The van der Waals surface area contributed by atoms with E-state index in [4.69, 9.17) is 0 Å². The van der Waals surface area contributed by atoms with Crippen molar-refractivity contribution in [3.8, 4) is 0 Å². The van der Waals surface area contributed by atoms with Gasteiger partial charge in [-0.15, -0.1) is 0 Å². The fourth-order valence-corrected chi connectivity index (χ4v) is 2.12. The van der Waals surface area contributed by atoms with E-state index in [1.807, 2.05) is 31.1 Å². The molecular formula is C18H19F2N3O2. The number of hydrogen-bond acceptors (Lipinski definition) is 3. The van der Waals surface area contributed by atoms with Gasteiger partial charge < -0.3 is 15.5 Å². The molecule has 0 atom stereocenters. The molecule has 5 nitrogen and oxygen atoms in total. The van der Waals surface area contributed by atoms with Gasteiger partial charge >= 0.3 is 0 Å². The average molecular weight is 347 g/mol. The molecule has 132 valence electrons. The summed E-state index contributed by atoms with van der Waals surface area (Å²) in [5.41, 5.74) is 1.39. The van der Waals surface area contributed by atoms with E-state index in [2.05, 4.69) is 10.6 Å². The Morgan fingerprint density at radius 2 is 1.72 bits per heavy atom. The molecule has 2 aromatic carbocycles. The van der Waals surface area contributed by atoms with Gasteiger partial charge in [-0.2, -0.15) is 0 Å². The zero-order chi connectivity index (χ0) is 18.4. The Labute approximate surface area is 144 Å². The van der Waals surface area contributed by atoms with Crippen molar-refractivity contribution in [2.45, 2.75) is 6.42 Å². The maximum Gasteiger partial charge on any atom is 0.254 e. The van der Waals surface area contributed by atoms with E-state index in [-0.39, 0.29) is 24.4 Å². The van der Waals surface area contributed by atoms with E-state index < -0.39 is 17.5 Å². The third-order valence-corrected chi connectivity index (χ3v) is 3.48. The topological polar surface area (TPSA) is 61.4 Å². The van der Waals surface area contributed by atoms with E-state index in [0.29, 0.717) is 11.8 Å². The molecule has 0 aromatic heterocycles. The molecule has 0 bridgehead atoms. The first-order valence-corrected chi connectivity index (χ1v) is 7.67. The Balaban J connectivity index is 1.81. The summed E-state index contributed by atoms with van der Waals surface area (Å²) < 4.78 is 26.3. The van der Waals surface area contributed by atoms with Crippen LogP contribution in [0.5, 0.6) is 0 Å². The fraction of sp³-hybridized carbons (Fsp3) is 0.222. The highest BCUT2D eigenvalue weighted by Gasteiger charge is 2.12. The number of carbonyl (C=O) groups is 2. The highest BCUT2D eigenvalue weighted by atomic mass is 19.1. The maximum atomic E-state index is 13.5. The summed E-state index contributed by atoms with van der Waals surface area (Å²) in [6.45, 7) is 0.0390. The summed E-state index contributed by atoms with van der Waals surface area (Å²) in [6.07, 6.45) is 0.0317. The number of amides is 2. The molecule has 0 radical (unpaired) electrons. The Bertz CT molecular complexity index is 761. The van der Waals surface area contributed by atoms with Crippen LogP contribution >= 0.6 is 0 Å². The number of nitrogens with one attached hydrogen (secondary N) is 2. The molecule has 0 aliphatic rings. The molecule has 25 heavy (non-hydrogen) atoms. The molecular weight excluding hydrogens is 328 g/mol. The molecule has 2 rings (SSSR count).